The zero-order valence-corrected chi connectivity index (χ0v) is 20.4. The highest BCUT2D eigenvalue weighted by atomic mass is 127. The Hall–Kier alpha value is -2.75. The fourth-order valence-corrected chi connectivity index (χ4v) is 2.96. The van der Waals surface area contributed by atoms with Gasteiger partial charge in [0.05, 0.1) is 20.8 Å². The molecule has 0 saturated heterocycles. The van der Waals surface area contributed by atoms with Crippen LogP contribution in [0.5, 0.6) is 11.5 Å². The van der Waals surface area contributed by atoms with Crippen LogP contribution < -0.4 is 20.1 Å². The number of hydrogen-bond acceptors (Lipinski definition) is 5. The molecule has 0 bridgehead atoms. The molecule has 0 saturated carbocycles. The van der Waals surface area contributed by atoms with Gasteiger partial charge < -0.3 is 24.5 Å². The molecule has 8 heteroatoms. The smallest absolute Gasteiger partial charge is 0.226 e. The summed E-state index contributed by atoms with van der Waals surface area (Å²) >= 11 is 0. The molecule has 1 aromatic heterocycles. The van der Waals surface area contributed by atoms with Gasteiger partial charge in [0, 0.05) is 18.7 Å². The van der Waals surface area contributed by atoms with Crippen LogP contribution in [0.3, 0.4) is 0 Å². The summed E-state index contributed by atoms with van der Waals surface area (Å²) in [4.78, 5) is 9.13. The summed E-state index contributed by atoms with van der Waals surface area (Å²) in [6.45, 7) is 3.98. The van der Waals surface area contributed by atoms with E-state index in [4.69, 9.17) is 13.9 Å². The molecule has 3 aromatic rings. The third kappa shape index (κ3) is 7.16. The summed E-state index contributed by atoms with van der Waals surface area (Å²) in [5, 5.41) is 6.61. The summed E-state index contributed by atoms with van der Waals surface area (Å²) in [5.41, 5.74) is 2.89. The second-order valence-electron chi connectivity index (χ2n) is 6.57. The van der Waals surface area contributed by atoms with Crippen LogP contribution in [0.25, 0.3) is 11.5 Å². The van der Waals surface area contributed by atoms with Gasteiger partial charge in [0.2, 0.25) is 5.89 Å². The number of ether oxygens (including phenoxy) is 2. The van der Waals surface area contributed by atoms with E-state index in [-0.39, 0.29) is 24.0 Å². The molecule has 0 spiro atoms. The third-order valence-corrected chi connectivity index (χ3v) is 4.47. The van der Waals surface area contributed by atoms with Crippen LogP contribution in [0.15, 0.2) is 64.2 Å². The highest BCUT2D eigenvalue weighted by Crippen LogP contribution is 2.27. The average molecular weight is 536 g/mol. The van der Waals surface area contributed by atoms with Gasteiger partial charge in [-0.2, -0.15) is 0 Å². The highest BCUT2D eigenvalue weighted by Gasteiger charge is 2.07. The van der Waals surface area contributed by atoms with Crippen molar-refractivity contribution in [3.05, 3.63) is 66.1 Å². The van der Waals surface area contributed by atoms with Gasteiger partial charge in [-0.3, -0.25) is 0 Å². The first kappa shape index (κ1) is 24.5. The van der Waals surface area contributed by atoms with E-state index < -0.39 is 0 Å². The number of guanidine groups is 1. The molecule has 0 fully saturated rings. The first-order valence-electron chi connectivity index (χ1n) is 9.96. The Morgan fingerprint density at radius 2 is 1.81 bits per heavy atom. The van der Waals surface area contributed by atoms with E-state index in [0.717, 1.165) is 53.8 Å². The van der Waals surface area contributed by atoms with Crippen molar-refractivity contribution in [2.45, 2.75) is 19.9 Å². The number of nitrogens with zero attached hydrogens (tertiary/aromatic N) is 2. The van der Waals surface area contributed by atoms with Crippen LogP contribution in [0.1, 0.15) is 18.2 Å². The van der Waals surface area contributed by atoms with Crippen molar-refractivity contribution in [1.82, 2.24) is 15.6 Å². The Bertz CT molecular complexity index is 960. The monoisotopic (exact) mass is 536 g/mol. The molecule has 166 valence electrons. The number of halogens is 1. The van der Waals surface area contributed by atoms with Crippen molar-refractivity contribution in [1.29, 1.82) is 0 Å². The van der Waals surface area contributed by atoms with Crippen molar-refractivity contribution >= 4 is 29.9 Å². The summed E-state index contributed by atoms with van der Waals surface area (Å²) in [6, 6.07) is 15.8. The predicted molar refractivity (Wildman–Crippen MR) is 133 cm³/mol. The lowest BCUT2D eigenvalue weighted by Crippen LogP contribution is -2.38. The minimum absolute atomic E-state index is 0. The maximum atomic E-state index is 5.58. The second-order valence-corrected chi connectivity index (χ2v) is 6.57. The normalized spacial score (nSPS) is 10.9. The number of benzene rings is 2. The van der Waals surface area contributed by atoms with Crippen molar-refractivity contribution in [3.8, 4) is 23.0 Å². The van der Waals surface area contributed by atoms with E-state index in [0.29, 0.717) is 12.4 Å². The fraction of sp³-hybridized carbons (Fsp3) is 0.304. The Labute approximate surface area is 200 Å². The van der Waals surface area contributed by atoms with E-state index in [1.54, 1.807) is 20.5 Å². The zero-order chi connectivity index (χ0) is 21.2. The molecule has 0 aliphatic rings. The number of rotatable bonds is 9. The number of oxazole rings is 1. The summed E-state index contributed by atoms with van der Waals surface area (Å²) in [7, 11) is 3.28. The Kier molecular flexibility index (Phi) is 10.2. The number of nitrogens with one attached hydrogen (secondary N) is 2. The molecule has 0 amide bonds. The molecule has 7 nitrogen and oxygen atoms in total. The van der Waals surface area contributed by atoms with E-state index in [1.807, 2.05) is 55.5 Å². The fourth-order valence-electron chi connectivity index (χ4n) is 2.96. The van der Waals surface area contributed by atoms with Crippen molar-refractivity contribution in [2.24, 2.45) is 4.99 Å². The Balaban J connectivity index is 0.00000341. The van der Waals surface area contributed by atoms with Gasteiger partial charge in [0.1, 0.15) is 12.0 Å². The molecule has 31 heavy (non-hydrogen) atoms. The average Bonchev–Trinajstić information content (AvgIpc) is 3.27. The van der Waals surface area contributed by atoms with E-state index >= 15 is 0 Å². The molecule has 2 N–H and O–H groups in total. The molecule has 0 atom stereocenters. The van der Waals surface area contributed by atoms with Crippen LogP contribution >= 0.6 is 24.0 Å². The number of methoxy groups -OCH3 is 2. The lowest BCUT2D eigenvalue weighted by Gasteiger charge is -2.12. The number of aliphatic imine (C=N–C) groups is 1. The number of aromatic nitrogens is 1. The van der Waals surface area contributed by atoms with Crippen molar-refractivity contribution in [3.63, 3.8) is 0 Å². The molecule has 1 heterocycles. The molecule has 0 aliphatic heterocycles. The Morgan fingerprint density at radius 3 is 2.52 bits per heavy atom. The second kappa shape index (κ2) is 12.8. The van der Waals surface area contributed by atoms with Gasteiger partial charge in [-0.15, -0.1) is 24.0 Å². The predicted octanol–water partition coefficient (Wildman–Crippen LogP) is 4.27. The standard InChI is InChI=1S/C23H28N4O3.HI/c1-4-24-23(25-13-12-17-10-11-20(28-2)21(14-17)29-3)26-15-19-16-30-22(27-19)18-8-6-5-7-9-18;/h5-11,14,16H,4,12-13,15H2,1-3H3,(H2,24,25,26);1H. The van der Waals surface area contributed by atoms with Gasteiger partial charge in [-0.05, 0) is 43.2 Å². The van der Waals surface area contributed by atoms with E-state index in [9.17, 15) is 0 Å². The SMILES string of the molecule is CCNC(=NCc1coc(-c2ccccc2)n1)NCCc1ccc(OC)c(OC)c1.I. The van der Waals surface area contributed by atoms with Crippen LogP contribution in [0.4, 0.5) is 0 Å². The van der Waals surface area contributed by atoms with E-state index in [1.165, 1.54) is 0 Å². The molecular formula is C23H29IN4O3. The molecule has 2 aromatic carbocycles. The van der Waals surface area contributed by atoms with Crippen LogP contribution in [0, 0.1) is 0 Å². The minimum atomic E-state index is 0. The number of hydrogen-bond donors (Lipinski definition) is 2. The maximum absolute atomic E-state index is 5.58. The van der Waals surface area contributed by atoms with Crippen LogP contribution in [-0.2, 0) is 13.0 Å². The Morgan fingerprint density at radius 1 is 1.03 bits per heavy atom. The molecule has 0 radical (unpaired) electrons. The topological polar surface area (TPSA) is 80.9 Å². The van der Waals surface area contributed by atoms with Gasteiger partial charge in [-0.25, -0.2) is 9.98 Å². The van der Waals surface area contributed by atoms with E-state index in [2.05, 4.69) is 20.6 Å². The molecule has 0 unspecified atom stereocenters. The van der Waals surface area contributed by atoms with Gasteiger partial charge in [0.25, 0.3) is 0 Å². The lowest BCUT2D eigenvalue weighted by molar-refractivity contribution is 0.354. The zero-order valence-electron chi connectivity index (χ0n) is 18.1. The first-order chi connectivity index (χ1) is 14.7. The van der Waals surface area contributed by atoms with Gasteiger partial charge in [-0.1, -0.05) is 24.3 Å². The summed E-state index contributed by atoms with van der Waals surface area (Å²) in [6.07, 6.45) is 2.48. The maximum Gasteiger partial charge on any atom is 0.226 e. The quantitative estimate of drug-likeness (QED) is 0.242. The summed E-state index contributed by atoms with van der Waals surface area (Å²) < 4.78 is 16.2. The highest BCUT2D eigenvalue weighted by molar-refractivity contribution is 14.0. The first-order valence-corrected chi connectivity index (χ1v) is 9.96. The lowest BCUT2D eigenvalue weighted by atomic mass is 10.1. The van der Waals surface area contributed by atoms with Crippen molar-refractivity contribution < 1.29 is 13.9 Å². The third-order valence-electron chi connectivity index (χ3n) is 4.47. The van der Waals surface area contributed by atoms with Crippen LogP contribution in [0.2, 0.25) is 0 Å². The largest absolute Gasteiger partial charge is 0.493 e. The molecule has 0 aliphatic carbocycles. The molecule has 3 rings (SSSR count). The van der Waals surface area contributed by atoms with Gasteiger partial charge >= 0.3 is 0 Å². The molecular weight excluding hydrogens is 507 g/mol. The summed E-state index contributed by atoms with van der Waals surface area (Å²) in [5.74, 6) is 2.80. The van der Waals surface area contributed by atoms with Crippen molar-refractivity contribution in [2.75, 3.05) is 27.3 Å². The van der Waals surface area contributed by atoms with Crippen LogP contribution in [-0.4, -0.2) is 38.3 Å². The minimum Gasteiger partial charge on any atom is -0.493 e. The van der Waals surface area contributed by atoms with Gasteiger partial charge in [0.15, 0.2) is 17.5 Å².